The molecule has 4 heteroatoms. The quantitative estimate of drug-likeness (QED) is 0.848. The molecule has 2 atom stereocenters. The van der Waals surface area contributed by atoms with Gasteiger partial charge in [0.2, 0.25) is 0 Å². The molecule has 1 aromatic carbocycles. The molecule has 2 unspecified atom stereocenters. The van der Waals surface area contributed by atoms with E-state index < -0.39 is 6.10 Å². The Morgan fingerprint density at radius 1 is 1.47 bits per heavy atom. The highest BCUT2D eigenvalue weighted by molar-refractivity contribution is 5.80. The highest BCUT2D eigenvalue weighted by Crippen LogP contribution is 2.13. The molecule has 104 valence electrons. The van der Waals surface area contributed by atoms with E-state index in [2.05, 4.69) is 10.6 Å². The Bertz CT molecular complexity index is 411. The molecular weight excluding hydrogens is 240 g/mol. The summed E-state index contributed by atoms with van der Waals surface area (Å²) in [7, 11) is 0. The average Bonchev–Trinajstić information content (AvgIpc) is 2.91. The number of hydrogen-bond acceptors (Lipinski definition) is 3. The van der Waals surface area contributed by atoms with Gasteiger partial charge in [0.1, 0.15) is 5.75 Å². The van der Waals surface area contributed by atoms with Gasteiger partial charge in [0, 0.05) is 12.6 Å². The lowest BCUT2D eigenvalue weighted by Crippen LogP contribution is -2.42. The highest BCUT2D eigenvalue weighted by atomic mass is 16.5. The zero-order valence-electron chi connectivity index (χ0n) is 11.6. The second-order valence-electron chi connectivity index (χ2n) is 5.11. The van der Waals surface area contributed by atoms with Gasteiger partial charge in [-0.05, 0) is 45.4 Å². The molecular formula is C15H22N2O2. The van der Waals surface area contributed by atoms with Crippen molar-refractivity contribution in [2.75, 3.05) is 13.1 Å². The first-order chi connectivity index (χ1) is 9.15. The third-order valence-corrected chi connectivity index (χ3v) is 3.39. The van der Waals surface area contributed by atoms with Crippen LogP contribution in [-0.4, -0.2) is 31.1 Å². The predicted molar refractivity (Wildman–Crippen MR) is 75.3 cm³/mol. The Hall–Kier alpha value is -1.55. The van der Waals surface area contributed by atoms with Crippen molar-refractivity contribution in [1.82, 2.24) is 10.6 Å². The molecule has 19 heavy (non-hydrogen) atoms. The van der Waals surface area contributed by atoms with Gasteiger partial charge < -0.3 is 15.4 Å². The molecule has 1 amide bonds. The van der Waals surface area contributed by atoms with Crippen LogP contribution in [0.2, 0.25) is 0 Å². The van der Waals surface area contributed by atoms with Crippen LogP contribution < -0.4 is 15.4 Å². The smallest absolute Gasteiger partial charge is 0.260 e. The summed E-state index contributed by atoms with van der Waals surface area (Å²) in [5, 5.41) is 6.28. The number of aryl methyl sites for hydroxylation is 1. The van der Waals surface area contributed by atoms with E-state index in [9.17, 15) is 4.79 Å². The summed E-state index contributed by atoms with van der Waals surface area (Å²) < 4.78 is 5.61. The molecule has 0 spiro atoms. The maximum atomic E-state index is 11.9. The Morgan fingerprint density at radius 2 is 2.21 bits per heavy atom. The standard InChI is InChI=1S/C15H22N2O2/c1-11-5-7-14(8-6-11)19-12(2)15(18)17-10-13-4-3-9-16-13/h5-8,12-13,16H,3-4,9-10H2,1-2H3,(H,17,18). The predicted octanol–water partition coefficient (Wildman–Crippen LogP) is 1.63. The third kappa shape index (κ3) is 4.24. The molecule has 0 aliphatic carbocycles. The van der Waals surface area contributed by atoms with Gasteiger partial charge in [-0.25, -0.2) is 0 Å². The molecule has 1 aliphatic rings. The molecule has 0 aromatic heterocycles. The Labute approximate surface area is 114 Å². The molecule has 2 N–H and O–H groups in total. The SMILES string of the molecule is Cc1ccc(OC(C)C(=O)NCC2CCCN2)cc1. The van der Waals surface area contributed by atoms with Gasteiger partial charge >= 0.3 is 0 Å². The third-order valence-electron chi connectivity index (χ3n) is 3.39. The van der Waals surface area contributed by atoms with Crippen molar-refractivity contribution >= 4 is 5.91 Å². The zero-order valence-corrected chi connectivity index (χ0v) is 11.6. The van der Waals surface area contributed by atoms with Gasteiger partial charge in [0.25, 0.3) is 5.91 Å². The van der Waals surface area contributed by atoms with E-state index in [4.69, 9.17) is 4.74 Å². The fraction of sp³-hybridized carbons (Fsp3) is 0.533. The van der Waals surface area contributed by atoms with Gasteiger partial charge in [-0.15, -0.1) is 0 Å². The van der Waals surface area contributed by atoms with Crippen molar-refractivity contribution in [3.8, 4) is 5.75 Å². The lowest BCUT2D eigenvalue weighted by atomic mass is 10.2. The number of rotatable bonds is 5. The second kappa shape index (κ2) is 6.57. The van der Waals surface area contributed by atoms with E-state index in [0.717, 1.165) is 18.7 Å². The van der Waals surface area contributed by atoms with E-state index in [-0.39, 0.29) is 5.91 Å². The first-order valence-corrected chi connectivity index (χ1v) is 6.89. The minimum atomic E-state index is -0.468. The first kappa shape index (κ1) is 13.9. The van der Waals surface area contributed by atoms with E-state index >= 15 is 0 Å². The molecule has 2 rings (SSSR count). The topological polar surface area (TPSA) is 50.4 Å². The van der Waals surface area contributed by atoms with Crippen LogP contribution in [0.25, 0.3) is 0 Å². The number of benzene rings is 1. The summed E-state index contributed by atoms with van der Waals surface area (Å²) in [6.45, 7) is 5.53. The summed E-state index contributed by atoms with van der Waals surface area (Å²) in [4.78, 5) is 11.9. The van der Waals surface area contributed by atoms with Crippen molar-refractivity contribution in [3.05, 3.63) is 29.8 Å². The van der Waals surface area contributed by atoms with Crippen molar-refractivity contribution in [1.29, 1.82) is 0 Å². The fourth-order valence-electron chi connectivity index (χ4n) is 2.17. The fourth-order valence-corrected chi connectivity index (χ4v) is 2.17. The van der Waals surface area contributed by atoms with E-state index in [0.29, 0.717) is 12.6 Å². The lowest BCUT2D eigenvalue weighted by molar-refractivity contribution is -0.127. The van der Waals surface area contributed by atoms with Crippen LogP contribution in [0.3, 0.4) is 0 Å². The van der Waals surface area contributed by atoms with Gasteiger partial charge in [0.05, 0.1) is 0 Å². The summed E-state index contributed by atoms with van der Waals surface area (Å²) in [5.41, 5.74) is 1.18. The van der Waals surface area contributed by atoms with E-state index in [1.807, 2.05) is 31.2 Å². The van der Waals surface area contributed by atoms with Crippen molar-refractivity contribution in [2.45, 2.75) is 38.8 Å². The van der Waals surface area contributed by atoms with Crippen molar-refractivity contribution in [3.63, 3.8) is 0 Å². The Balaban J connectivity index is 1.76. The van der Waals surface area contributed by atoms with Crippen LogP contribution in [-0.2, 0) is 4.79 Å². The molecule has 0 radical (unpaired) electrons. The first-order valence-electron chi connectivity index (χ1n) is 6.89. The van der Waals surface area contributed by atoms with Gasteiger partial charge in [0.15, 0.2) is 6.10 Å². The lowest BCUT2D eigenvalue weighted by Gasteiger charge is -2.17. The normalized spacial score (nSPS) is 20.0. The van der Waals surface area contributed by atoms with Crippen LogP contribution in [0.15, 0.2) is 24.3 Å². The highest BCUT2D eigenvalue weighted by Gasteiger charge is 2.18. The van der Waals surface area contributed by atoms with E-state index in [1.165, 1.54) is 12.0 Å². The Kier molecular flexibility index (Phi) is 4.80. The van der Waals surface area contributed by atoms with Gasteiger partial charge in [-0.3, -0.25) is 4.79 Å². The van der Waals surface area contributed by atoms with Crippen LogP contribution in [0.4, 0.5) is 0 Å². The maximum absolute atomic E-state index is 11.9. The minimum absolute atomic E-state index is 0.0609. The number of carbonyl (C=O) groups is 1. The number of nitrogens with one attached hydrogen (secondary N) is 2. The molecule has 1 aromatic rings. The molecule has 0 bridgehead atoms. The van der Waals surface area contributed by atoms with Gasteiger partial charge in [-0.2, -0.15) is 0 Å². The summed E-state index contributed by atoms with van der Waals surface area (Å²) >= 11 is 0. The van der Waals surface area contributed by atoms with E-state index in [1.54, 1.807) is 6.92 Å². The number of ether oxygens (including phenoxy) is 1. The largest absolute Gasteiger partial charge is 0.481 e. The van der Waals surface area contributed by atoms with Crippen LogP contribution in [0.1, 0.15) is 25.3 Å². The number of hydrogen-bond donors (Lipinski definition) is 2. The Morgan fingerprint density at radius 3 is 2.84 bits per heavy atom. The number of amides is 1. The number of carbonyl (C=O) groups excluding carboxylic acids is 1. The van der Waals surface area contributed by atoms with Crippen LogP contribution in [0.5, 0.6) is 5.75 Å². The molecule has 1 aliphatic heterocycles. The molecule has 4 nitrogen and oxygen atoms in total. The average molecular weight is 262 g/mol. The second-order valence-corrected chi connectivity index (χ2v) is 5.11. The maximum Gasteiger partial charge on any atom is 0.260 e. The zero-order chi connectivity index (χ0) is 13.7. The summed E-state index contributed by atoms with van der Waals surface area (Å²) in [6, 6.07) is 8.13. The van der Waals surface area contributed by atoms with Crippen LogP contribution in [0, 0.1) is 6.92 Å². The summed E-state index contributed by atoms with van der Waals surface area (Å²) in [5.74, 6) is 0.668. The molecule has 1 fully saturated rings. The summed E-state index contributed by atoms with van der Waals surface area (Å²) in [6.07, 6.45) is 1.85. The molecule has 1 saturated heterocycles. The minimum Gasteiger partial charge on any atom is -0.481 e. The monoisotopic (exact) mass is 262 g/mol. The molecule has 0 saturated carbocycles. The van der Waals surface area contributed by atoms with Crippen LogP contribution >= 0.6 is 0 Å². The molecule has 1 heterocycles. The van der Waals surface area contributed by atoms with Crippen molar-refractivity contribution in [2.24, 2.45) is 0 Å². The van der Waals surface area contributed by atoms with Gasteiger partial charge in [-0.1, -0.05) is 17.7 Å². The van der Waals surface area contributed by atoms with Crippen molar-refractivity contribution < 1.29 is 9.53 Å².